The van der Waals surface area contributed by atoms with Gasteiger partial charge in [-0.05, 0) is 61.8 Å². The summed E-state index contributed by atoms with van der Waals surface area (Å²) < 4.78 is 12.2. The Labute approximate surface area is 362 Å². The predicted molar refractivity (Wildman–Crippen MR) is 236 cm³/mol. The normalized spacial score (nSPS) is 23.2. The van der Waals surface area contributed by atoms with E-state index in [4.69, 9.17) is 14.5 Å². The zero-order valence-electron chi connectivity index (χ0n) is 37.4. The van der Waals surface area contributed by atoms with Gasteiger partial charge in [0.05, 0.1) is 54.4 Å². The molecule has 3 heterocycles. The van der Waals surface area contributed by atoms with Crippen molar-refractivity contribution in [2.75, 3.05) is 27.8 Å². The van der Waals surface area contributed by atoms with Gasteiger partial charge in [-0.3, -0.25) is 19.2 Å². The lowest BCUT2D eigenvalue weighted by molar-refractivity contribution is -0.147. The SMILES string of the molecule is CC[C@H](C)[C@@H]([C@@H](CC(=O)N1CCC[C@H]1[C@H](OC)[C@@H](C)C(=O)N[C@@H](Cc1ccccc1)c1nc(-c2ccccc2)c[nH]1)OC)N(C)C(=O)[C@@H](NC(=O)[C@H]1N[C@@H]2CC[C@H]1C2)C(C)C. The van der Waals surface area contributed by atoms with Crippen LogP contribution >= 0.6 is 0 Å². The first kappa shape index (κ1) is 45.9. The third-order valence-electron chi connectivity index (χ3n) is 13.7. The standard InChI is InChI=1S/C48H69N7O6/c1-9-30(4)43(54(6)48(59)41(29(2)3)53-47(58)42-34-22-23-35(26-34)50-42)39(60-7)27-40(56)55-24-16-21-38(55)44(61-8)31(5)46(57)52-36(25-32-17-12-10-13-18-32)45-49-28-37(51-45)33-19-14-11-15-20-33/h10-15,17-20,28-31,34-36,38-39,41-44,50H,9,16,21-27H2,1-8H3,(H,49,51)(H,52,57)(H,53,58)/t30-,31+,34-,35+,36-,38-,39+,41-,42-,43-,44+/m0/s1. The van der Waals surface area contributed by atoms with Gasteiger partial charge in [-0.15, -0.1) is 0 Å². The number of carbonyl (C=O) groups is 4. The van der Waals surface area contributed by atoms with E-state index in [1.165, 1.54) is 0 Å². The van der Waals surface area contributed by atoms with Crippen LogP contribution in [0, 0.1) is 23.7 Å². The highest BCUT2D eigenvalue weighted by Crippen LogP contribution is 2.36. The molecule has 3 aliphatic rings. The fourth-order valence-corrected chi connectivity index (χ4v) is 10.1. The van der Waals surface area contributed by atoms with E-state index in [1.54, 1.807) is 26.2 Å². The number of methoxy groups -OCH3 is 2. The second-order valence-corrected chi connectivity index (χ2v) is 18.0. The fraction of sp³-hybridized carbons (Fsp3) is 0.604. The number of likely N-dealkylation sites (N-methyl/N-ethyl adjacent to an activating group) is 1. The summed E-state index contributed by atoms with van der Waals surface area (Å²) in [4.78, 5) is 68.3. The Kier molecular flexibility index (Phi) is 15.8. The molecule has 1 aromatic heterocycles. The van der Waals surface area contributed by atoms with Crippen molar-refractivity contribution < 1.29 is 28.7 Å². The minimum atomic E-state index is -0.720. The molecule has 2 aromatic carbocycles. The summed E-state index contributed by atoms with van der Waals surface area (Å²) in [5.41, 5.74) is 2.83. The zero-order chi connectivity index (χ0) is 43.8. The summed E-state index contributed by atoms with van der Waals surface area (Å²) in [5, 5.41) is 9.83. The topological polar surface area (TPSA) is 158 Å². The highest BCUT2D eigenvalue weighted by molar-refractivity contribution is 5.90. The van der Waals surface area contributed by atoms with Gasteiger partial charge >= 0.3 is 0 Å². The molecule has 2 aliphatic heterocycles. The van der Waals surface area contributed by atoms with Crippen LogP contribution in [0.1, 0.15) is 97.0 Å². The molecule has 13 nitrogen and oxygen atoms in total. The van der Waals surface area contributed by atoms with Crippen LogP contribution in [0.4, 0.5) is 0 Å². The molecule has 2 bridgehead atoms. The number of imidazole rings is 1. The van der Waals surface area contributed by atoms with Crippen LogP contribution in [0.2, 0.25) is 0 Å². The van der Waals surface area contributed by atoms with E-state index in [9.17, 15) is 19.2 Å². The molecule has 1 saturated carbocycles. The van der Waals surface area contributed by atoms with Gasteiger partial charge < -0.3 is 40.2 Å². The van der Waals surface area contributed by atoms with Gasteiger partial charge in [-0.25, -0.2) is 4.98 Å². The number of piperidine rings is 1. The second-order valence-electron chi connectivity index (χ2n) is 18.0. The van der Waals surface area contributed by atoms with Gasteiger partial charge in [0.15, 0.2) is 0 Å². The first-order chi connectivity index (χ1) is 29.3. The number of likely N-dealkylation sites (tertiary alicyclic amines) is 1. The van der Waals surface area contributed by atoms with Crippen molar-refractivity contribution in [3.05, 3.63) is 78.2 Å². The van der Waals surface area contributed by atoms with E-state index in [1.807, 2.05) is 92.5 Å². The van der Waals surface area contributed by atoms with E-state index in [0.29, 0.717) is 37.2 Å². The second kappa shape index (κ2) is 21.0. The van der Waals surface area contributed by atoms with Crippen molar-refractivity contribution in [2.45, 2.75) is 134 Å². The molecule has 4 N–H and O–H groups in total. The number of benzene rings is 2. The third-order valence-corrected chi connectivity index (χ3v) is 13.7. The Morgan fingerprint density at radius 1 is 0.934 bits per heavy atom. The molecule has 0 spiro atoms. The number of aromatic nitrogens is 2. The molecule has 0 radical (unpaired) electrons. The highest BCUT2D eigenvalue weighted by atomic mass is 16.5. The van der Waals surface area contributed by atoms with Crippen molar-refractivity contribution >= 4 is 23.6 Å². The van der Waals surface area contributed by atoms with Gasteiger partial charge in [0.25, 0.3) is 0 Å². The van der Waals surface area contributed by atoms with E-state index in [-0.39, 0.29) is 54.0 Å². The summed E-state index contributed by atoms with van der Waals surface area (Å²) in [5.74, 6) is -0.412. The zero-order valence-corrected chi connectivity index (χ0v) is 37.4. The number of ether oxygens (including phenoxy) is 2. The van der Waals surface area contributed by atoms with Crippen LogP contribution in [-0.2, 0) is 35.1 Å². The van der Waals surface area contributed by atoms with E-state index in [0.717, 1.165) is 48.9 Å². The minimum Gasteiger partial charge on any atom is -0.379 e. The van der Waals surface area contributed by atoms with Crippen LogP contribution in [-0.4, -0.2) is 114 Å². The van der Waals surface area contributed by atoms with Gasteiger partial charge in [-0.2, -0.15) is 0 Å². The monoisotopic (exact) mass is 840 g/mol. The Morgan fingerprint density at radius 2 is 1.64 bits per heavy atom. The lowest BCUT2D eigenvalue weighted by atomic mass is 9.89. The summed E-state index contributed by atoms with van der Waals surface area (Å²) in [6.07, 6.45) is 6.60. The molecule has 3 aromatic rings. The molecular formula is C48H69N7O6. The Hall–Kier alpha value is -4.59. The maximum atomic E-state index is 14.4. The van der Waals surface area contributed by atoms with Gasteiger partial charge in [0.2, 0.25) is 23.6 Å². The van der Waals surface area contributed by atoms with Crippen LogP contribution in [0.3, 0.4) is 0 Å². The van der Waals surface area contributed by atoms with Crippen molar-refractivity contribution in [1.29, 1.82) is 0 Å². The lowest BCUT2D eigenvalue weighted by Crippen LogP contribution is -2.59. The number of carbonyl (C=O) groups excluding carboxylic acids is 4. The molecule has 4 amide bonds. The number of hydrogen-bond acceptors (Lipinski definition) is 8. The Morgan fingerprint density at radius 3 is 2.25 bits per heavy atom. The predicted octanol–water partition coefficient (Wildman–Crippen LogP) is 5.68. The molecular weight excluding hydrogens is 771 g/mol. The average molecular weight is 840 g/mol. The number of fused-ring (bicyclic) bond motifs is 2. The van der Waals surface area contributed by atoms with E-state index < -0.39 is 36.3 Å². The first-order valence-corrected chi connectivity index (χ1v) is 22.5. The maximum Gasteiger partial charge on any atom is 0.245 e. The molecule has 0 unspecified atom stereocenters. The van der Waals surface area contributed by atoms with Gasteiger partial charge in [0.1, 0.15) is 11.9 Å². The number of aromatic amines is 1. The van der Waals surface area contributed by atoms with Crippen LogP contribution in [0.15, 0.2) is 66.9 Å². The molecule has 6 rings (SSSR count). The Bertz CT molecular complexity index is 1910. The lowest BCUT2D eigenvalue weighted by Gasteiger charge is -2.41. The van der Waals surface area contributed by atoms with Crippen LogP contribution in [0.5, 0.6) is 0 Å². The number of nitrogens with one attached hydrogen (secondary N) is 4. The smallest absolute Gasteiger partial charge is 0.245 e. The van der Waals surface area contributed by atoms with Crippen LogP contribution in [0.25, 0.3) is 11.3 Å². The third kappa shape index (κ3) is 10.7. The van der Waals surface area contributed by atoms with E-state index >= 15 is 0 Å². The number of amides is 4. The van der Waals surface area contributed by atoms with Crippen LogP contribution < -0.4 is 16.0 Å². The van der Waals surface area contributed by atoms with Gasteiger partial charge in [0, 0.05) is 45.6 Å². The van der Waals surface area contributed by atoms with Crippen molar-refractivity contribution in [3.8, 4) is 11.3 Å². The molecule has 61 heavy (non-hydrogen) atoms. The number of nitrogens with zero attached hydrogens (tertiary/aromatic N) is 3. The largest absolute Gasteiger partial charge is 0.379 e. The minimum absolute atomic E-state index is 0.00553. The molecule has 11 atom stereocenters. The number of hydrogen-bond donors (Lipinski definition) is 4. The number of rotatable bonds is 20. The van der Waals surface area contributed by atoms with Crippen molar-refractivity contribution in [2.24, 2.45) is 23.7 Å². The maximum absolute atomic E-state index is 14.4. The molecule has 2 saturated heterocycles. The quantitative estimate of drug-likeness (QED) is 0.113. The summed E-state index contributed by atoms with van der Waals surface area (Å²) >= 11 is 0. The molecule has 3 fully saturated rings. The number of H-pyrrole nitrogens is 1. The summed E-state index contributed by atoms with van der Waals surface area (Å²) in [6.45, 7) is 10.4. The summed E-state index contributed by atoms with van der Waals surface area (Å²) in [7, 11) is 4.96. The average Bonchev–Trinajstić information content (AvgIpc) is 4.12. The summed E-state index contributed by atoms with van der Waals surface area (Å²) in [6, 6.07) is 18.1. The fourth-order valence-electron chi connectivity index (χ4n) is 10.1. The van der Waals surface area contributed by atoms with Crippen molar-refractivity contribution in [1.82, 2.24) is 35.7 Å². The molecule has 332 valence electrons. The Balaban J connectivity index is 1.14. The van der Waals surface area contributed by atoms with E-state index in [2.05, 4.69) is 34.8 Å². The molecule has 1 aliphatic carbocycles. The highest BCUT2D eigenvalue weighted by Gasteiger charge is 2.46. The molecule has 13 heteroatoms. The first-order valence-electron chi connectivity index (χ1n) is 22.5. The van der Waals surface area contributed by atoms with Gasteiger partial charge in [-0.1, -0.05) is 102 Å². The van der Waals surface area contributed by atoms with Crippen molar-refractivity contribution in [3.63, 3.8) is 0 Å².